The van der Waals surface area contributed by atoms with Crippen LogP contribution < -0.4 is 4.72 Å². The van der Waals surface area contributed by atoms with Gasteiger partial charge in [-0.25, -0.2) is 13.1 Å². The van der Waals surface area contributed by atoms with Crippen LogP contribution in [-0.2, 0) is 14.8 Å². The Morgan fingerprint density at radius 3 is 2.95 bits per heavy atom. The van der Waals surface area contributed by atoms with Gasteiger partial charge in [-0.15, -0.1) is 0 Å². The first-order chi connectivity index (χ1) is 10.0. The number of rotatable bonds is 4. The molecule has 21 heavy (non-hydrogen) atoms. The minimum Gasteiger partial charge on any atom is -0.384 e. The van der Waals surface area contributed by atoms with E-state index in [0.29, 0.717) is 12.2 Å². The smallest absolute Gasteiger partial charge is 0.241 e. The Balaban J connectivity index is 2.21. The maximum absolute atomic E-state index is 12.4. The largest absolute Gasteiger partial charge is 0.384 e. The molecule has 0 aliphatic carbocycles. The predicted octanol–water partition coefficient (Wildman–Crippen LogP) is 0.796. The van der Waals surface area contributed by atoms with Crippen molar-refractivity contribution in [2.45, 2.75) is 30.8 Å². The number of aliphatic hydroxyl groups is 1. The van der Waals surface area contributed by atoms with Crippen molar-refractivity contribution in [2.24, 2.45) is 0 Å². The van der Waals surface area contributed by atoms with Crippen LogP contribution in [-0.4, -0.2) is 39.4 Å². The zero-order chi connectivity index (χ0) is 15.3. The molecular formula is C15H19NO4S. The van der Waals surface area contributed by atoms with Crippen molar-refractivity contribution in [1.29, 1.82) is 0 Å². The third kappa shape index (κ3) is 4.29. The van der Waals surface area contributed by atoms with Crippen molar-refractivity contribution in [3.63, 3.8) is 0 Å². The maximum atomic E-state index is 12.4. The number of aliphatic hydroxyl groups excluding tert-OH is 1. The molecule has 0 saturated carbocycles. The average molecular weight is 309 g/mol. The third-order valence-corrected chi connectivity index (χ3v) is 4.73. The lowest BCUT2D eigenvalue weighted by Gasteiger charge is -2.12. The molecule has 114 valence electrons. The normalized spacial score (nSPS) is 18.3. The molecule has 2 rings (SSSR count). The molecule has 1 aliphatic rings. The van der Waals surface area contributed by atoms with Gasteiger partial charge in [0, 0.05) is 18.7 Å². The molecule has 1 heterocycles. The van der Waals surface area contributed by atoms with Crippen LogP contribution in [0.1, 0.15) is 24.0 Å². The first-order valence-electron chi connectivity index (χ1n) is 6.84. The lowest BCUT2D eigenvalue weighted by Crippen LogP contribution is -2.32. The van der Waals surface area contributed by atoms with Crippen molar-refractivity contribution in [1.82, 2.24) is 4.72 Å². The molecule has 0 bridgehead atoms. The van der Waals surface area contributed by atoms with Gasteiger partial charge in [0.2, 0.25) is 10.0 Å². The van der Waals surface area contributed by atoms with Gasteiger partial charge >= 0.3 is 0 Å². The van der Waals surface area contributed by atoms with Crippen LogP contribution in [0.4, 0.5) is 0 Å². The minimum absolute atomic E-state index is 0.0581. The fraction of sp³-hybridized carbons (Fsp3) is 0.467. The maximum Gasteiger partial charge on any atom is 0.241 e. The predicted molar refractivity (Wildman–Crippen MR) is 79.3 cm³/mol. The van der Waals surface area contributed by atoms with Crippen LogP contribution in [0.5, 0.6) is 0 Å². The monoisotopic (exact) mass is 309 g/mol. The molecule has 1 atom stereocenters. The van der Waals surface area contributed by atoms with Crippen molar-refractivity contribution < 1.29 is 18.3 Å². The minimum atomic E-state index is -3.64. The Kier molecular flexibility index (Phi) is 5.37. The summed E-state index contributed by atoms with van der Waals surface area (Å²) in [6.07, 6.45) is 1.77. The molecular weight excluding hydrogens is 290 g/mol. The summed E-state index contributed by atoms with van der Waals surface area (Å²) in [5.41, 5.74) is 1.30. The molecule has 1 aromatic rings. The fourth-order valence-electron chi connectivity index (χ4n) is 2.20. The molecule has 1 saturated heterocycles. The van der Waals surface area contributed by atoms with E-state index in [4.69, 9.17) is 9.84 Å². The zero-order valence-corrected chi connectivity index (χ0v) is 12.7. The number of benzene rings is 1. The SMILES string of the molecule is Cc1ccc(S(=O)(=O)NCC2CCCO2)c(C#CCO)c1. The quantitative estimate of drug-likeness (QED) is 0.807. The second-order valence-corrected chi connectivity index (χ2v) is 6.68. The molecule has 6 heteroatoms. The van der Waals surface area contributed by atoms with Crippen LogP contribution >= 0.6 is 0 Å². The molecule has 1 unspecified atom stereocenters. The van der Waals surface area contributed by atoms with E-state index in [-0.39, 0.29) is 24.2 Å². The molecule has 0 aromatic heterocycles. The molecule has 0 radical (unpaired) electrons. The van der Waals surface area contributed by atoms with Gasteiger partial charge in [0.25, 0.3) is 0 Å². The van der Waals surface area contributed by atoms with Crippen LogP contribution in [0.25, 0.3) is 0 Å². The van der Waals surface area contributed by atoms with Gasteiger partial charge in [-0.05, 0) is 37.5 Å². The summed E-state index contributed by atoms with van der Waals surface area (Å²) in [6, 6.07) is 4.96. The van der Waals surface area contributed by atoms with E-state index in [1.54, 1.807) is 12.1 Å². The van der Waals surface area contributed by atoms with Crippen LogP contribution in [0.2, 0.25) is 0 Å². The highest BCUT2D eigenvalue weighted by Gasteiger charge is 2.22. The highest BCUT2D eigenvalue weighted by Crippen LogP contribution is 2.18. The number of sulfonamides is 1. The molecule has 0 spiro atoms. The first-order valence-corrected chi connectivity index (χ1v) is 8.33. The van der Waals surface area contributed by atoms with Gasteiger partial charge in [-0.3, -0.25) is 0 Å². The van der Waals surface area contributed by atoms with Gasteiger partial charge in [-0.2, -0.15) is 0 Å². The Hall–Kier alpha value is -1.39. The summed E-state index contributed by atoms with van der Waals surface area (Å²) < 4.78 is 32.8. The number of hydrogen-bond acceptors (Lipinski definition) is 4. The first kappa shape index (κ1) is 16.0. The Morgan fingerprint density at radius 1 is 1.48 bits per heavy atom. The topological polar surface area (TPSA) is 75.6 Å². The zero-order valence-electron chi connectivity index (χ0n) is 11.9. The molecule has 1 aromatic carbocycles. The highest BCUT2D eigenvalue weighted by molar-refractivity contribution is 7.89. The standard InChI is InChI=1S/C15H19NO4S/c1-12-6-7-15(13(10-12)4-2-8-17)21(18,19)16-11-14-5-3-9-20-14/h6-7,10,14,16-17H,3,5,8-9,11H2,1H3. The third-order valence-electron chi connectivity index (χ3n) is 3.25. The fourth-order valence-corrected chi connectivity index (χ4v) is 3.40. The van der Waals surface area contributed by atoms with Crippen LogP contribution in [0.3, 0.4) is 0 Å². The number of ether oxygens (including phenoxy) is 1. The van der Waals surface area contributed by atoms with Crippen molar-refractivity contribution in [3.05, 3.63) is 29.3 Å². The molecule has 1 aliphatic heterocycles. The summed E-state index contributed by atoms with van der Waals surface area (Å²) in [6.45, 7) is 2.50. The van der Waals surface area contributed by atoms with Crippen molar-refractivity contribution in [2.75, 3.05) is 19.8 Å². The van der Waals surface area contributed by atoms with Gasteiger partial charge in [0.15, 0.2) is 0 Å². The molecule has 2 N–H and O–H groups in total. The summed E-state index contributed by atoms with van der Waals surface area (Å²) >= 11 is 0. The highest BCUT2D eigenvalue weighted by atomic mass is 32.2. The Morgan fingerprint density at radius 2 is 2.29 bits per heavy atom. The van der Waals surface area contributed by atoms with Gasteiger partial charge in [-0.1, -0.05) is 17.9 Å². The lowest BCUT2D eigenvalue weighted by atomic mass is 10.1. The van der Waals surface area contributed by atoms with Gasteiger partial charge < -0.3 is 9.84 Å². The van der Waals surface area contributed by atoms with Crippen LogP contribution in [0.15, 0.2) is 23.1 Å². The summed E-state index contributed by atoms with van der Waals surface area (Å²) in [5.74, 6) is 5.18. The summed E-state index contributed by atoms with van der Waals surface area (Å²) in [5, 5.41) is 8.78. The molecule has 0 amide bonds. The van der Waals surface area contributed by atoms with Gasteiger partial charge in [0.05, 0.1) is 11.0 Å². The molecule has 5 nitrogen and oxygen atoms in total. The van der Waals surface area contributed by atoms with E-state index >= 15 is 0 Å². The van der Waals surface area contributed by atoms with E-state index in [9.17, 15) is 8.42 Å². The summed E-state index contributed by atoms with van der Waals surface area (Å²) in [7, 11) is -3.64. The van der Waals surface area contributed by atoms with E-state index in [0.717, 1.165) is 18.4 Å². The average Bonchev–Trinajstić information content (AvgIpc) is 2.96. The Bertz CT molecular complexity index is 652. The van der Waals surface area contributed by atoms with E-state index in [1.165, 1.54) is 6.07 Å². The second kappa shape index (κ2) is 7.05. The van der Waals surface area contributed by atoms with E-state index in [1.807, 2.05) is 6.92 Å². The van der Waals surface area contributed by atoms with E-state index < -0.39 is 10.0 Å². The molecule has 1 fully saturated rings. The van der Waals surface area contributed by atoms with E-state index in [2.05, 4.69) is 16.6 Å². The van der Waals surface area contributed by atoms with Crippen molar-refractivity contribution >= 4 is 10.0 Å². The lowest BCUT2D eigenvalue weighted by molar-refractivity contribution is 0.114. The Labute approximate surface area is 125 Å². The second-order valence-electron chi connectivity index (χ2n) is 4.95. The number of aryl methyl sites for hydroxylation is 1. The van der Waals surface area contributed by atoms with Crippen molar-refractivity contribution in [3.8, 4) is 11.8 Å². The number of nitrogens with one attached hydrogen (secondary N) is 1. The van der Waals surface area contributed by atoms with Crippen LogP contribution in [0, 0.1) is 18.8 Å². The number of hydrogen-bond donors (Lipinski definition) is 2. The summed E-state index contributed by atoms with van der Waals surface area (Å²) in [4.78, 5) is 0.132. The van der Waals surface area contributed by atoms with Gasteiger partial charge in [0.1, 0.15) is 6.61 Å².